The van der Waals surface area contributed by atoms with Crippen molar-refractivity contribution >= 4 is 12.0 Å². The van der Waals surface area contributed by atoms with Crippen molar-refractivity contribution in [2.24, 2.45) is 0 Å². The molecule has 0 N–H and O–H groups in total. The molecule has 0 unspecified atom stereocenters. The summed E-state index contributed by atoms with van der Waals surface area (Å²) in [6, 6.07) is 5.45. The van der Waals surface area contributed by atoms with Gasteiger partial charge in [0.05, 0.1) is 26.9 Å². The number of methoxy groups -OCH3 is 3. The number of ether oxygens (including phenoxy) is 3. The van der Waals surface area contributed by atoms with Crippen LogP contribution in [0.5, 0.6) is 11.5 Å². The predicted molar refractivity (Wildman–Crippen MR) is 79.0 cm³/mol. The van der Waals surface area contributed by atoms with E-state index in [0.29, 0.717) is 17.1 Å². The Balaban J connectivity index is 3.16. The fourth-order valence-electron chi connectivity index (χ4n) is 1.66. The van der Waals surface area contributed by atoms with E-state index < -0.39 is 0 Å². The second-order valence-electron chi connectivity index (χ2n) is 4.02. The van der Waals surface area contributed by atoms with Gasteiger partial charge in [0.15, 0.2) is 11.5 Å². The summed E-state index contributed by atoms with van der Waals surface area (Å²) in [5.74, 6) is 0.891. The van der Waals surface area contributed by atoms with Gasteiger partial charge in [-0.2, -0.15) is 0 Å². The van der Waals surface area contributed by atoms with Gasteiger partial charge in [-0.1, -0.05) is 25.1 Å². The Bertz CT molecular complexity index is 515. The molecule has 0 bridgehead atoms. The van der Waals surface area contributed by atoms with E-state index in [1.54, 1.807) is 32.4 Å². The van der Waals surface area contributed by atoms with E-state index >= 15 is 0 Å². The molecule has 0 spiro atoms. The van der Waals surface area contributed by atoms with Crippen molar-refractivity contribution in [3.05, 3.63) is 41.5 Å². The molecule has 4 heteroatoms. The second kappa shape index (κ2) is 8.04. The van der Waals surface area contributed by atoms with Crippen LogP contribution in [0, 0.1) is 0 Å². The smallest absolute Gasteiger partial charge is 0.337 e. The molecule has 0 aliphatic heterocycles. The number of hydrogen-bond acceptors (Lipinski definition) is 4. The van der Waals surface area contributed by atoms with Gasteiger partial charge in [0, 0.05) is 0 Å². The maximum Gasteiger partial charge on any atom is 0.337 e. The second-order valence-corrected chi connectivity index (χ2v) is 4.02. The van der Waals surface area contributed by atoms with E-state index in [4.69, 9.17) is 14.2 Å². The van der Waals surface area contributed by atoms with Crippen molar-refractivity contribution in [1.82, 2.24) is 0 Å². The molecule has 0 saturated heterocycles. The highest BCUT2D eigenvalue weighted by molar-refractivity contribution is 5.96. The normalized spacial score (nSPS) is 11.5. The van der Waals surface area contributed by atoms with E-state index in [9.17, 15) is 4.79 Å². The molecular weight excluding hydrogens is 256 g/mol. The van der Waals surface area contributed by atoms with Gasteiger partial charge in [-0.3, -0.25) is 0 Å². The molecule has 1 aromatic carbocycles. The molecule has 0 aliphatic carbocycles. The zero-order valence-electron chi connectivity index (χ0n) is 12.3. The third-order valence-corrected chi connectivity index (χ3v) is 2.68. The SMILES string of the molecule is CC/C=C/C(=C/c1ccc(OC)c(OC)c1)C(=O)OC. The molecule has 0 saturated carbocycles. The largest absolute Gasteiger partial charge is 0.493 e. The van der Waals surface area contributed by atoms with Crippen LogP contribution in [0.1, 0.15) is 18.9 Å². The van der Waals surface area contributed by atoms with Crippen molar-refractivity contribution < 1.29 is 19.0 Å². The van der Waals surface area contributed by atoms with Gasteiger partial charge in [-0.05, 0) is 30.2 Å². The molecule has 0 heterocycles. The van der Waals surface area contributed by atoms with Gasteiger partial charge < -0.3 is 14.2 Å². The molecule has 1 aromatic rings. The van der Waals surface area contributed by atoms with Gasteiger partial charge in [0.25, 0.3) is 0 Å². The molecule has 4 nitrogen and oxygen atoms in total. The molecule has 0 amide bonds. The average molecular weight is 276 g/mol. The Kier molecular flexibility index (Phi) is 6.37. The number of hydrogen-bond donors (Lipinski definition) is 0. The summed E-state index contributed by atoms with van der Waals surface area (Å²) in [5.41, 5.74) is 1.32. The van der Waals surface area contributed by atoms with Crippen molar-refractivity contribution in [3.8, 4) is 11.5 Å². The van der Waals surface area contributed by atoms with Crippen LogP contribution in [0.25, 0.3) is 6.08 Å². The topological polar surface area (TPSA) is 44.8 Å². The van der Waals surface area contributed by atoms with Crippen molar-refractivity contribution in [3.63, 3.8) is 0 Å². The maximum atomic E-state index is 11.7. The summed E-state index contributed by atoms with van der Waals surface area (Å²) in [5, 5.41) is 0. The molecule has 0 radical (unpaired) electrons. The molecule has 0 aromatic heterocycles. The Labute approximate surface area is 119 Å². The Hall–Kier alpha value is -2.23. The Morgan fingerprint density at radius 2 is 1.85 bits per heavy atom. The molecule has 20 heavy (non-hydrogen) atoms. The number of allylic oxidation sites excluding steroid dienone is 1. The minimum atomic E-state index is -0.371. The Morgan fingerprint density at radius 3 is 2.40 bits per heavy atom. The maximum absolute atomic E-state index is 11.7. The lowest BCUT2D eigenvalue weighted by Gasteiger charge is -2.08. The Morgan fingerprint density at radius 1 is 1.15 bits per heavy atom. The summed E-state index contributed by atoms with van der Waals surface area (Å²) >= 11 is 0. The van der Waals surface area contributed by atoms with Gasteiger partial charge in [0.2, 0.25) is 0 Å². The first kappa shape index (κ1) is 15.8. The van der Waals surface area contributed by atoms with E-state index in [0.717, 1.165) is 12.0 Å². The number of benzene rings is 1. The van der Waals surface area contributed by atoms with Crippen molar-refractivity contribution in [2.75, 3.05) is 21.3 Å². The number of carbonyl (C=O) groups excluding carboxylic acids is 1. The molecule has 0 fully saturated rings. The van der Waals surface area contributed by atoms with Gasteiger partial charge >= 0.3 is 5.97 Å². The minimum Gasteiger partial charge on any atom is -0.493 e. The monoisotopic (exact) mass is 276 g/mol. The van der Waals surface area contributed by atoms with Gasteiger partial charge in [-0.15, -0.1) is 0 Å². The zero-order valence-corrected chi connectivity index (χ0v) is 12.3. The van der Waals surface area contributed by atoms with E-state index in [1.807, 2.05) is 25.1 Å². The molecule has 1 rings (SSSR count). The van der Waals surface area contributed by atoms with Crippen LogP contribution in [-0.2, 0) is 9.53 Å². The number of esters is 1. The standard InChI is InChI=1S/C16H20O4/c1-5-6-7-13(16(17)20-4)10-12-8-9-14(18-2)15(11-12)19-3/h6-11H,5H2,1-4H3/b7-6+,13-10-. The molecule has 108 valence electrons. The quantitative estimate of drug-likeness (QED) is 0.454. The van der Waals surface area contributed by atoms with E-state index in [2.05, 4.69) is 0 Å². The first-order valence-electron chi connectivity index (χ1n) is 6.34. The molecular formula is C16H20O4. The van der Waals surface area contributed by atoms with Crippen LogP contribution in [-0.4, -0.2) is 27.3 Å². The van der Waals surface area contributed by atoms with Gasteiger partial charge in [0.1, 0.15) is 0 Å². The molecule has 0 atom stereocenters. The summed E-state index contributed by atoms with van der Waals surface area (Å²) in [6.45, 7) is 2.00. The summed E-state index contributed by atoms with van der Waals surface area (Å²) in [4.78, 5) is 11.7. The van der Waals surface area contributed by atoms with Crippen molar-refractivity contribution in [2.45, 2.75) is 13.3 Å². The summed E-state index contributed by atoms with van der Waals surface area (Å²) in [6.07, 6.45) is 6.26. The van der Waals surface area contributed by atoms with Crippen LogP contribution in [0.3, 0.4) is 0 Å². The molecule has 0 aliphatic rings. The van der Waals surface area contributed by atoms with Gasteiger partial charge in [-0.25, -0.2) is 4.79 Å². The summed E-state index contributed by atoms with van der Waals surface area (Å²) in [7, 11) is 4.52. The number of rotatable bonds is 6. The first-order chi connectivity index (χ1) is 9.65. The van der Waals surface area contributed by atoms with Crippen LogP contribution in [0.15, 0.2) is 35.9 Å². The van der Waals surface area contributed by atoms with E-state index in [1.165, 1.54) is 7.11 Å². The van der Waals surface area contributed by atoms with Crippen molar-refractivity contribution in [1.29, 1.82) is 0 Å². The zero-order chi connectivity index (χ0) is 15.0. The third kappa shape index (κ3) is 4.16. The predicted octanol–water partition coefficient (Wildman–Crippen LogP) is 3.23. The highest BCUT2D eigenvalue weighted by Crippen LogP contribution is 2.28. The third-order valence-electron chi connectivity index (χ3n) is 2.68. The first-order valence-corrected chi connectivity index (χ1v) is 6.34. The lowest BCUT2D eigenvalue weighted by Crippen LogP contribution is -2.02. The average Bonchev–Trinajstić information content (AvgIpc) is 2.50. The fourth-order valence-corrected chi connectivity index (χ4v) is 1.66. The lowest BCUT2D eigenvalue weighted by molar-refractivity contribution is -0.135. The lowest BCUT2D eigenvalue weighted by atomic mass is 10.1. The van der Waals surface area contributed by atoms with E-state index in [-0.39, 0.29) is 5.97 Å². The number of carbonyl (C=O) groups is 1. The van der Waals surface area contributed by atoms with Crippen LogP contribution in [0.2, 0.25) is 0 Å². The highest BCUT2D eigenvalue weighted by atomic mass is 16.5. The van der Waals surface area contributed by atoms with Crippen LogP contribution >= 0.6 is 0 Å². The van der Waals surface area contributed by atoms with Crippen LogP contribution in [0.4, 0.5) is 0 Å². The van der Waals surface area contributed by atoms with Crippen LogP contribution < -0.4 is 9.47 Å². The minimum absolute atomic E-state index is 0.371. The fraction of sp³-hybridized carbons (Fsp3) is 0.312. The highest BCUT2D eigenvalue weighted by Gasteiger charge is 2.08. The summed E-state index contributed by atoms with van der Waals surface area (Å²) < 4.78 is 15.2.